The quantitative estimate of drug-likeness (QED) is 0.533. The number of nitrogens with zero attached hydrogens (tertiary/aromatic N) is 4. The molecule has 0 saturated heterocycles. The summed E-state index contributed by atoms with van der Waals surface area (Å²) < 4.78 is 4.11. The van der Waals surface area contributed by atoms with Crippen molar-refractivity contribution in [3.8, 4) is 10.7 Å². The molecule has 3 heterocycles. The summed E-state index contributed by atoms with van der Waals surface area (Å²) in [6, 6.07) is 10.3. The maximum Gasteiger partial charge on any atom is 0.270 e. The van der Waals surface area contributed by atoms with E-state index in [1.165, 1.54) is 16.7 Å². The van der Waals surface area contributed by atoms with E-state index >= 15 is 0 Å². The van der Waals surface area contributed by atoms with Crippen LogP contribution < -0.4 is 5.32 Å². The van der Waals surface area contributed by atoms with Gasteiger partial charge in [0, 0.05) is 48.8 Å². The van der Waals surface area contributed by atoms with E-state index in [0.29, 0.717) is 12.2 Å². The molecule has 0 unspecified atom stereocenters. The molecule has 0 spiro atoms. The second kappa shape index (κ2) is 7.13. The minimum atomic E-state index is -0.128. The summed E-state index contributed by atoms with van der Waals surface area (Å²) in [5, 5.41) is 6.78. The van der Waals surface area contributed by atoms with Gasteiger partial charge in [0.05, 0.1) is 12.0 Å². The van der Waals surface area contributed by atoms with Crippen LogP contribution in [0.3, 0.4) is 0 Å². The van der Waals surface area contributed by atoms with Crippen LogP contribution in [0.4, 0.5) is 0 Å². The Balaban J connectivity index is 1.42. The summed E-state index contributed by atoms with van der Waals surface area (Å²) in [5.41, 5.74) is 2.65. The van der Waals surface area contributed by atoms with Crippen LogP contribution in [0.5, 0.6) is 0 Å². The van der Waals surface area contributed by atoms with Crippen molar-refractivity contribution < 1.29 is 4.79 Å². The van der Waals surface area contributed by atoms with Crippen LogP contribution in [0.2, 0.25) is 0 Å². The summed E-state index contributed by atoms with van der Waals surface area (Å²) in [7, 11) is 2.02. The molecule has 3 aromatic heterocycles. The predicted molar refractivity (Wildman–Crippen MR) is 103 cm³/mol. The number of nitrogens with one attached hydrogen (secondary N) is 1. The van der Waals surface area contributed by atoms with Gasteiger partial charge in [-0.25, -0.2) is 9.97 Å². The van der Waals surface area contributed by atoms with Crippen molar-refractivity contribution in [1.29, 1.82) is 0 Å². The third-order valence-electron chi connectivity index (χ3n) is 4.35. The number of amides is 1. The number of benzene rings is 1. The summed E-state index contributed by atoms with van der Waals surface area (Å²) >= 11 is 1.49. The molecule has 0 bridgehead atoms. The maximum absolute atomic E-state index is 12.3. The monoisotopic (exact) mass is 365 g/mol. The van der Waals surface area contributed by atoms with Crippen LogP contribution in [0.1, 0.15) is 16.9 Å². The van der Waals surface area contributed by atoms with Gasteiger partial charge in [-0.1, -0.05) is 18.2 Å². The molecule has 0 fully saturated rings. The Labute approximate surface area is 155 Å². The molecule has 1 aromatic carbocycles. The highest BCUT2D eigenvalue weighted by atomic mass is 32.1. The van der Waals surface area contributed by atoms with Crippen molar-refractivity contribution in [1.82, 2.24) is 24.4 Å². The zero-order valence-electron chi connectivity index (χ0n) is 14.4. The SMILES string of the molecule is Cn1c(-c2nc(C(=O)NCCCn3ccnc3)cs2)cc2ccccc21. The van der Waals surface area contributed by atoms with Crippen molar-refractivity contribution in [2.45, 2.75) is 13.0 Å². The van der Waals surface area contributed by atoms with Gasteiger partial charge in [-0.15, -0.1) is 11.3 Å². The molecular formula is C19H19N5OS. The number of imidazole rings is 1. The minimum Gasteiger partial charge on any atom is -0.351 e. The standard InChI is InChI=1S/C19H19N5OS/c1-23-16-6-3-2-5-14(16)11-17(23)19-22-15(12-26-19)18(25)21-7-4-9-24-10-8-20-13-24/h2-3,5-6,8,10-13H,4,7,9H2,1H3,(H,21,25). The van der Waals surface area contributed by atoms with E-state index in [2.05, 4.69) is 38.1 Å². The Morgan fingerprint density at radius 2 is 2.19 bits per heavy atom. The lowest BCUT2D eigenvalue weighted by Crippen LogP contribution is -2.25. The Bertz CT molecular complexity index is 1030. The molecule has 4 rings (SSSR count). The summed E-state index contributed by atoms with van der Waals surface area (Å²) in [6.45, 7) is 1.44. The molecule has 0 atom stereocenters. The lowest BCUT2D eigenvalue weighted by molar-refractivity contribution is 0.0948. The van der Waals surface area contributed by atoms with Gasteiger partial charge in [-0.3, -0.25) is 4.79 Å². The van der Waals surface area contributed by atoms with Gasteiger partial charge in [-0.05, 0) is 18.6 Å². The fourth-order valence-corrected chi connectivity index (χ4v) is 3.81. The second-order valence-corrected chi connectivity index (χ2v) is 6.95. The van der Waals surface area contributed by atoms with E-state index < -0.39 is 0 Å². The number of aryl methyl sites for hydroxylation is 2. The van der Waals surface area contributed by atoms with Crippen molar-refractivity contribution >= 4 is 28.1 Å². The van der Waals surface area contributed by atoms with Crippen molar-refractivity contribution in [2.75, 3.05) is 6.54 Å². The number of thiazole rings is 1. The van der Waals surface area contributed by atoms with Crippen molar-refractivity contribution in [2.24, 2.45) is 7.05 Å². The molecule has 0 aliphatic carbocycles. The number of para-hydroxylation sites is 1. The molecule has 0 aliphatic heterocycles. The molecule has 26 heavy (non-hydrogen) atoms. The number of hydrogen-bond acceptors (Lipinski definition) is 4. The number of rotatable bonds is 6. The fourth-order valence-electron chi connectivity index (χ4n) is 2.96. The average molecular weight is 365 g/mol. The first-order chi connectivity index (χ1) is 12.7. The molecule has 0 aliphatic rings. The van der Waals surface area contributed by atoms with Gasteiger partial charge >= 0.3 is 0 Å². The van der Waals surface area contributed by atoms with Crippen molar-refractivity contribution in [3.05, 3.63) is 60.1 Å². The smallest absolute Gasteiger partial charge is 0.270 e. The first-order valence-electron chi connectivity index (χ1n) is 8.46. The Morgan fingerprint density at radius 3 is 3.00 bits per heavy atom. The number of fused-ring (bicyclic) bond motifs is 1. The lowest BCUT2D eigenvalue weighted by atomic mass is 10.2. The maximum atomic E-state index is 12.3. The van der Waals surface area contributed by atoms with Crippen LogP contribution >= 0.6 is 11.3 Å². The second-order valence-electron chi connectivity index (χ2n) is 6.10. The van der Waals surface area contributed by atoms with E-state index in [1.54, 1.807) is 12.5 Å². The van der Waals surface area contributed by atoms with E-state index in [4.69, 9.17) is 0 Å². The van der Waals surface area contributed by atoms with Gasteiger partial charge in [0.2, 0.25) is 0 Å². The molecule has 1 amide bonds. The zero-order valence-corrected chi connectivity index (χ0v) is 15.2. The molecule has 6 nitrogen and oxygen atoms in total. The highest BCUT2D eigenvalue weighted by Gasteiger charge is 2.14. The van der Waals surface area contributed by atoms with Crippen molar-refractivity contribution in [3.63, 3.8) is 0 Å². The molecular weight excluding hydrogens is 346 g/mol. The van der Waals surface area contributed by atoms with Crippen LogP contribution in [0, 0.1) is 0 Å². The molecule has 132 valence electrons. The molecule has 1 N–H and O–H groups in total. The first kappa shape index (κ1) is 16.5. The number of aromatic nitrogens is 4. The molecule has 0 radical (unpaired) electrons. The number of hydrogen-bond donors (Lipinski definition) is 1. The topological polar surface area (TPSA) is 64.7 Å². The summed E-state index contributed by atoms with van der Waals surface area (Å²) in [4.78, 5) is 20.9. The largest absolute Gasteiger partial charge is 0.351 e. The Kier molecular flexibility index (Phi) is 4.53. The van der Waals surface area contributed by atoms with E-state index in [-0.39, 0.29) is 5.91 Å². The zero-order chi connectivity index (χ0) is 17.9. The number of carbonyl (C=O) groups is 1. The predicted octanol–water partition coefficient (Wildman–Crippen LogP) is 3.32. The third kappa shape index (κ3) is 3.25. The van der Waals surface area contributed by atoms with E-state index in [9.17, 15) is 4.79 Å². The highest BCUT2D eigenvalue weighted by Crippen LogP contribution is 2.29. The van der Waals surface area contributed by atoms with Crippen LogP contribution in [0.25, 0.3) is 21.6 Å². The number of carbonyl (C=O) groups excluding carboxylic acids is 1. The fraction of sp³-hybridized carbons (Fsp3) is 0.211. The normalized spacial score (nSPS) is 11.1. The third-order valence-corrected chi connectivity index (χ3v) is 5.21. The Morgan fingerprint density at radius 1 is 1.31 bits per heavy atom. The Hall–Kier alpha value is -2.93. The van der Waals surface area contributed by atoms with Gasteiger partial charge in [-0.2, -0.15) is 0 Å². The van der Waals surface area contributed by atoms with Crippen LogP contribution in [-0.4, -0.2) is 31.6 Å². The molecule has 4 aromatic rings. The van der Waals surface area contributed by atoms with Gasteiger partial charge in [0.1, 0.15) is 10.7 Å². The van der Waals surface area contributed by atoms with Crippen LogP contribution in [0.15, 0.2) is 54.4 Å². The van der Waals surface area contributed by atoms with E-state index in [0.717, 1.165) is 29.2 Å². The van der Waals surface area contributed by atoms with Gasteiger partial charge < -0.3 is 14.5 Å². The average Bonchev–Trinajstić information content (AvgIpc) is 3.39. The summed E-state index contributed by atoms with van der Waals surface area (Å²) in [6.07, 6.45) is 6.29. The van der Waals surface area contributed by atoms with Gasteiger partial charge in [0.25, 0.3) is 5.91 Å². The summed E-state index contributed by atoms with van der Waals surface area (Å²) in [5.74, 6) is -0.128. The van der Waals surface area contributed by atoms with Gasteiger partial charge in [0.15, 0.2) is 0 Å². The minimum absolute atomic E-state index is 0.128. The molecule has 7 heteroatoms. The first-order valence-corrected chi connectivity index (χ1v) is 9.34. The highest BCUT2D eigenvalue weighted by molar-refractivity contribution is 7.13. The lowest BCUT2D eigenvalue weighted by Gasteiger charge is -2.04. The molecule has 0 saturated carbocycles. The van der Waals surface area contributed by atoms with E-state index in [1.807, 2.05) is 35.3 Å². The van der Waals surface area contributed by atoms with Crippen LogP contribution in [-0.2, 0) is 13.6 Å².